The third kappa shape index (κ3) is 4.85. The van der Waals surface area contributed by atoms with Crippen molar-refractivity contribution in [1.29, 1.82) is 0 Å². The lowest BCUT2D eigenvalue weighted by Crippen LogP contribution is -2.38. The molecule has 110 valence electrons. The van der Waals surface area contributed by atoms with Crippen molar-refractivity contribution in [3.63, 3.8) is 0 Å². The Morgan fingerprint density at radius 3 is 2.75 bits per heavy atom. The van der Waals surface area contributed by atoms with E-state index in [0.29, 0.717) is 17.9 Å². The van der Waals surface area contributed by atoms with Gasteiger partial charge in [0.2, 0.25) is 0 Å². The van der Waals surface area contributed by atoms with Crippen molar-refractivity contribution in [2.24, 2.45) is 0 Å². The highest BCUT2D eigenvalue weighted by Gasteiger charge is 2.12. The van der Waals surface area contributed by atoms with Crippen molar-refractivity contribution in [3.8, 4) is 5.75 Å². The fraction of sp³-hybridized carbons (Fsp3) is 0.462. The van der Waals surface area contributed by atoms with E-state index in [1.165, 1.54) is 18.2 Å². The highest BCUT2D eigenvalue weighted by Crippen LogP contribution is 2.22. The molecule has 1 aromatic rings. The molecule has 0 saturated heterocycles. The quantitative estimate of drug-likeness (QED) is 0.603. The maximum atomic E-state index is 11.6. The van der Waals surface area contributed by atoms with E-state index in [1.807, 2.05) is 6.92 Å². The van der Waals surface area contributed by atoms with Crippen molar-refractivity contribution in [3.05, 3.63) is 33.9 Å². The first-order valence-corrected chi connectivity index (χ1v) is 6.10. The number of nitro groups is 1. The van der Waals surface area contributed by atoms with Gasteiger partial charge in [-0.15, -0.1) is 0 Å². The Morgan fingerprint density at radius 1 is 1.50 bits per heavy atom. The summed E-state index contributed by atoms with van der Waals surface area (Å²) >= 11 is 0. The summed E-state index contributed by atoms with van der Waals surface area (Å²) in [6.45, 7) is 3.71. The van der Waals surface area contributed by atoms with Crippen LogP contribution in [0.4, 0.5) is 5.69 Å². The molecule has 20 heavy (non-hydrogen) atoms. The zero-order valence-corrected chi connectivity index (χ0v) is 11.7. The number of benzene rings is 1. The molecule has 0 fully saturated rings. The van der Waals surface area contributed by atoms with Gasteiger partial charge >= 0.3 is 0 Å². The molecule has 0 aliphatic heterocycles. The number of aryl methyl sites for hydroxylation is 1. The lowest BCUT2D eigenvalue weighted by molar-refractivity contribution is -0.385. The smallest absolute Gasteiger partial charge is 0.272 e. The predicted molar refractivity (Wildman–Crippen MR) is 72.8 cm³/mol. The van der Waals surface area contributed by atoms with Crippen LogP contribution in [0.3, 0.4) is 0 Å². The van der Waals surface area contributed by atoms with Crippen LogP contribution in [0.5, 0.6) is 5.75 Å². The molecule has 0 aliphatic rings. The number of carbonyl (C=O) groups excluding carboxylic acids is 1. The second-order valence-corrected chi connectivity index (χ2v) is 4.42. The van der Waals surface area contributed by atoms with Gasteiger partial charge in [-0.05, 0) is 26.0 Å². The molecule has 0 radical (unpaired) electrons. The SMILES string of the molecule is COCC(C)NC(=O)COc1ccc([N+](=O)[O-])c(C)c1. The van der Waals surface area contributed by atoms with Crippen molar-refractivity contribution in [2.75, 3.05) is 20.3 Å². The Labute approximate surface area is 117 Å². The van der Waals surface area contributed by atoms with Gasteiger partial charge in [0.25, 0.3) is 11.6 Å². The lowest BCUT2D eigenvalue weighted by Gasteiger charge is -2.13. The highest BCUT2D eigenvalue weighted by atomic mass is 16.6. The summed E-state index contributed by atoms with van der Waals surface area (Å²) in [4.78, 5) is 21.8. The van der Waals surface area contributed by atoms with Gasteiger partial charge < -0.3 is 14.8 Å². The molecule has 0 aromatic heterocycles. The van der Waals surface area contributed by atoms with E-state index in [4.69, 9.17) is 9.47 Å². The van der Waals surface area contributed by atoms with Crippen molar-refractivity contribution >= 4 is 11.6 Å². The van der Waals surface area contributed by atoms with E-state index < -0.39 is 4.92 Å². The Morgan fingerprint density at radius 2 is 2.20 bits per heavy atom. The van der Waals surface area contributed by atoms with Crippen molar-refractivity contribution < 1.29 is 19.2 Å². The van der Waals surface area contributed by atoms with E-state index in [9.17, 15) is 14.9 Å². The summed E-state index contributed by atoms with van der Waals surface area (Å²) in [5.74, 6) is 0.146. The number of rotatable bonds is 7. The highest BCUT2D eigenvalue weighted by molar-refractivity contribution is 5.77. The Kier molecular flexibility index (Phi) is 5.92. The number of methoxy groups -OCH3 is 1. The first kappa shape index (κ1) is 15.9. The van der Waals surface area contributed by atoms with Gasteiger partial charge in [-0.25, -0.2) is 0 Å². The van der Waals surface area contributed by atoms with Gasteiger partial charge in [0.1, 0.15) is 5.75 Å². The molecule has 1 atom stereocenters. The topological polar surface area (TPSA) is 90.7 Å². The van der Waals surface area contributed by atoms with Gasteiger partial charge in [-0.1, -0.05) is 0 Å². The van der Waals surface area contributed by atoms with E-state index in [-0.39, 0.29) is 24.2 Å². The maximum absolute atomic E-state index is 11.6. The molecule has 0 saturated carbocycles. The lowest BCUT2D eigenvalue weighted by atomic mass is 10.2. The minimum absolute atomic E-state index is 0.0236. The molecular formula is C13H18N2O5. The molecule has 0 heterocycles. The number of nitrogens with zero attached hydrogens (tertiary/aromatic N) is 1. The average molecular weight is 282 g/mol. The fourth-order valence-corrected chi connectivity index (χ4v) is 1.68. The Balaban J connectivity index is 2.52. The summed E-state index contributed by atoms with van der Waals surface area (Å²) in [7, 11) is 1.55. The van der Waals surface area contributed by atoms with Crippen LogP contribution in [0.25, 0.3) is 0 Å². The second-order valence-electron chi connectivity index (χ2n) is 4.42. The number of nitro benzene ring substituents is 1. The average Bonchev–Trinajstić information content (AvgIpc) is 2.36. The molecule has 0 spiro atoms. The van der Waals surface area contributed by atoms with Gasteiger partial charge in [0, 0.05) is 24.8 Å². The van der Waals surface area contributed by atoms with Crippen LogP contribution in [-0.4, -0.2) is 37.2 Å². The minimum Gasteiger partial charge on any atom is -0.484 e. The molecule has 7 heteroatoms. The Bertz CT molecular complexity index is 490. The van der Waals surface area contributed by atoms with Crippen LogP contribution < -0.4 is 10.1 Å². The maximum Gasteiger partial charge on any atom is 0.272 e. The molecule has 1 aromatic carbocycles. The van der Waals surface area contributed by atoms with Crippen LogP contribution in [0.15, 0.2) is 18.2 Å². The summed E-state index contributed by atoms with van der Waals surface area (Å²) in [5, 5.41) is 13.4. The standard InChI is InChI=1S/C13H18N2O5/c1-9-6-11(4-5-12(9)15(17)18)20-8-13(16)14-10(2)7-19-3/h4-6,10H,7-8H2,1-3H3,(H,14,16). The Hall–Kier alpha value is -2.15. The van der Waals surface area contributed by atoms with E-state index in [1.54, 1.807) is 14.0 Å². The largest absolute Gasteiger partial charge is 0.484 e. The summed E-state index contributed by atoms with van der Waals surface area (Å²) in [5.41, 5.74) is 0.510. The van der Waals surface area contributed by atoms with E-state index >= 15 is 0 Å². The molecule has 1 amide bonds. The molecule has 1 rings (SSSR count). The number of hydrogen-bond donors (Lipinski definition) is 1. The molecular weight excluding hydrogens is 264 g/mol. The number of carbonyl (C=O) groups is 1. The molecule has 1 unspecified atom stereocenters. The molecule has 7 nitrogen and oxygen atoms in total. The van der Waals surface area contributed by atoms with Gasteiger partial charge in [0.05, 0.1) is 11.5 Å². The number of amides is 1. The van der Waals surface area contributed by atoms with Crippen LogP contribution in [0, 0.1) is 17.0 Å². The number of ether oxygens (including phenoxy) is 2. The first-order chi connectivity index (χ1) is 9.43. The van der Waals surface area contributed by atoms with Crippen molar-refractivity contribution in [2.45, 2.75) is 19.9 Å². The number of hydrogen-bond acceptors (Lipinski definition) is 5. The van der Waals surface area contributed by atoms with Crippen LogP contribution in [-0.2, 0) is 9.53 Å². The van der Waals surface area contributed by atoms with E-state index in [2.05, 4.69) is 5.32 Å². The minimum atomic E-state index is -0.460. The molecule has 1 N–H and O–H groups in total. The summed E-state index contributed by atoms with van der Waals surface area (Å²) in [6, 6.07) is 4.26. The van der Waals surface area contributed by atoms with Crippen LogP contribution in [0.1, 0.15) is 12.5 Å². The normalized spacial score (nSPS) is 11.8. The third-order valence-electron chi connectivity index (χ3n) is 2.56. The predicted octanol–water partition coefficient (Wildman–Crippen LogP) is 1.43. The van der Waals surface area contributed by atoms with Crippen LogP contribution in [0.2, 0.25) is 0 Å². The second kappa shape index (κ2) is 7.44. The zero-order valence-electron chi connectivity index (χ0n) is 11.7. The van der Waals surface area contributed by atoms with E-state index in [0.717, 1.165) is 0 Å². The number of nitrogens with one attached hydrogen (secondary N) is 1. The zero-order chi connectivity index (χ0) is 15.1. The van der Waals surface area contributed by atoms with Gasteiger partial charge in [0.15, 0.2) is 6.61 Å². The molecule has 0 aliphatic carbocycles. The van der Waals surface area contributed by atoms with Gasteiger partial charge in [-0.3, -0.25) is 14.9 Å². The molecule has 0 bridgehead atoms. The third-order valence-corrected chi connectivity index (χ3v) is 2.56. The summed E-state index contributed by atoms with van der Waals surface area (Å²) in [6.07, 6.45) is 0. The monoisotopic (exact) mass is 282 g/mol. The van der Waals surface area contributed by atoms with Crippen molar-refractivity contribution in [1.82, 2.24) is 5.32 Å². The van der Waals surface area contributed by atoms with Gasteiger partial charge in [-0.2, -0.15) is 0 Å². The fourth-order valence-electron chi connectivity index (χ4n) is 1.68. The van der Waals surface area contributed by atoms with Crippen LogP contribution >= 0.6 is 0 Å². The first-order valence-electron chi connectivity index (χ1n) is 6.10. The summed E-state index contributed by atoms with van der Waals surface area (Å²) < 4.78 is 10.2.